The van der Waals surface area contributed by atoms with Crippen molar-refractivity contribution in [3.8, 4) is 0 Å². The number of carbonyl (C=O) groups excluding carboxylic acids is 1. The number of hydrogen-bond donors (Lipinski definition) is 0. The maximum Gasteiger partial charge on any atom is 0.338 e. The number of esters is 1. The summed E-state index contributed by atoms with van der Waals surface area (Å²) >= 11 is 0. The van der Waals surface area contributed by atoms with Gasteiger partial charge in [0, 0.05) is 12.6 Å². The van der Waals surface area contributed by atoms with E-state index < -0.39 is 8.32 Å². The highest BCUT2D eigenvalue weighted by atomic mass is 28.4. The summed E-state index contributed by atoms with van der Waals surface area (Å²) in [5.41, 5.74) is 0.355. The molecule has 1 aromatic rings. The van der Waals surface area contributed by atoms with E-state index in [1.54, 1.807) is 12.1 Å². The third-order valence-electron chi connectivity index (χ3n) is 6.83. The Morgan fingerprint density at radius 3 is 2.62 bits per heavy atom. The molecule has 0 aromatic heterocycles. The quantitative estimate of drug-likeness (QED) is 0.346. The molecule has 0 saturated carbocycles. The van der Waals surface area contributed by atoms with E-state index in [-0.39, 0.29) is 22.7 Å². The summed E-state index contributed by atoms with van der Waals surface area (Å²) in [6.07, 6.45) is 3.94. The van der Waals surface area contributed by atoms with Crippen LogP contribution >= 0.6 is 0 Å². The molecule has 6 heteroatoms. The predicted molar refractivity (Wildman–Crippen MR) is 117 cm³/mol. The fourth-order valence-corrected chi connectivity index (χ4v) is 5.45. The molecule has 1 aromatic carbocycles. The van der Waals surface area contributed by atoms with Crippen molar-refractivity contribution in [2.75, 3.05) is 13.2 Å². The van der Waals surface area contributed by atoms with Crippen molar-refractivity contribution in [1.29, 1.82) is 0 Å². The van der Waals surface area contributed by atoms with Crippen LogP contribution < -0.4 is 0 Å². The SMILES string of the molecule is CC(C)(C)[Si](C)(C)O[C@@H]1CCN2O[C@]1(C)C[C@@H]2CCCOC(=O)c1ccccc1. The monoisotopic (exact) mass is 419 g/mol. The summed E-state index contributed by atoms with van der Waals surface area (Å²) < 4.78 is 12.2. The Balaban J connectivity index is 1.49. The summed E-state index contributed by atoms with van der Waals surface area (Å²) in [6, 6.07) is 9.53. The fraction of sp³-hybridized carbons (Fsp3) is 0.696. The highest BCUT2D eigenvalue weighted by Crippen LogP contribution is 2.45. The molecule has 2 saturated heterocycles. The second-order valence-electron chi connectivity index (χ2n) is 10.2. The number of benzene rings is 1. The molecular formula is C23H37NO4Si. The third kappa shape index (κ3) is 5.10. The molecule has 4 atom stereocenters. The van der Waals surface area contributed by atoms with E-state index in [4.69, 9.17) is 14.0 Å². The van der Waals surface area contributed by atoms with Crippen LogP contribution in [0.25, 0.3) is 0 Å². The van der Waals surface area contributed by atoms with E-state index in [1.165, 1.54) is 0 Å². The molecule has 2 fully saturated rings. The van der Waals surface area contributed by atoms with E-state index in [0.29, 0.717) is 18.2 Å². The number of hydrogen-bond acceptors (Lipinski definition) is 5. The number of rotatable bonds is 7. The normalized spacial score (nSPS) is 29.7. The largest absolute Gasteiger partial charge is 0.462 e. The van der Waals surface area contributed by atoms with Crippen LogP contribution in [0, 0.1) is 0 Å². The summed E-state index contributed by atoms with van der Waals surface area (Å²) in [5, 5.41) is 2.34. The Morgan fingerprint density at radius 1 is 1.28 bits per heavy atom. The molecule has 3 rings (SSSR count). The summed E-state index contributed by atoms with van der Waals surface area (Å²) in [7, 11) is -1.83. The standard InChI is InChI=1S/C23H37NO4Si/c1-22(2,3)29(5,6)27-20-14-15-24-19(17-23(20,4)28-24)13-10-16-26-21(25)18-11-8-7-9-12-18/h7-9,11-12,19-20H,10,13-17H2,1-6H3/t19-,20+,23+/m0/s1. The highest BCUT2D eigenvalue weighted by molar-refractivity contribution is 6.74. The number of fused-ring (bicyclic) bond motifs is 2. The van der Waals surface area contributed by atoms with Crippen LogP contribution in [0.5, 0.6) is 0 Å². The van der Waals surface area contributed by atoms with Gasteiger partial charge in [0.15, 0.2) is 8.32 Å². The molecule has 1 unspecified atom stereocenters. The minimum atomic E-state index is -1.83. The summed E-state index contributed by atoms with van der Waals surface area (Å²) in [4.78, 5) is 18.4. The van der Waals surface area contributed by atoms with E-state index in [0.717, 1.165) is 32.2 Å². The molecule has 2 aliphatic heterocycles. The maximum absolute atomic E-state index is 12.1. The lowest BCUT2D eigenvalue weighted by Gasteiger charge is -2.45. The first-order chi connectivity index (χ1) is 13.5. The number of carbonyl (C=O) groups is 1. The van der Waals surface area contributed by atoms with Gasteiger partial charge in [0.25, 0.3) is 0 Å². The Labute approximate surface area is 176 Å². The first kappa shape index (κ1) is 22.5. The van der Waals surface area contributed by atoms with Crippen LogP contribution in [0.2, 0.25) is 18.1 Å². The van der Waals surface area contributed by atoms with Gasteiger partial charge in [-0.05, 0) is 62.9 Å². The van der Waals surface area contributed by atoms with Gasteiger partial charge < -0.3 is 9.16 Å². The van der Waals surface area contributed by atoms with Gasteiger partial charge in [-0.15, -0.1) is 0 Å². The van der Waals surface area contributed by atoms with Crippen LogP contribution in [0.15, 0.2) is 30.3 Å². The van der Waals surface area contributed by atoms with Crippen LogP contribution in [0.3, 0.4) is 0 Å². The van der Waals surface area contributed by atoms with E-state index in [9.17, 15) is 4.79 Å². The van der Waals surface area contributed by atoms with Gasteiger partial charge in [-0.3, -0.25) is 4.84 Å². The molecular weight excluding hydrogens is 382 g/mol. The zero-order valence-corrected chi connectivity index (χ0v) is 19.9. The predicted octanol–water partition coefficient (Wildman–Crippen LogP) is 5.18. The second kappa shape index (κ2) is 8.50. The zero-order chi connectivity index (χ0) is 21.3. The first-order valence-corrected chi connectivity index (χ1v) is 13.8. The molecule has 162 valence electrons. The Kier molecular flexibility index (Phi) is 6.58. The first-order valence-electron chi connectivity index (χ1n) is 10.9. The van der Waals surface area contributed by atoms with Gasteiger partial charge in [0.2, 0.25) is 0 Å². The molecule has 29 heavy (non-hydrogen) atoms. The molecule has 2 aliphatic rings. The number of nitrogens with zero attached hydrogens (tertiary/aromatic N) is 1. The molecule has 0 amide bonds. The Hall–Kier alpha value is -1.21. The van der Waals surface area contributed by atoms with E-state index >= 15 is 0 Å². The van der Waals surface area contributed by atoms with Crippen LogP contribution in [-0.4, -0.2) is 50.2 Å². The Bertz CT molecular complexity index is 703. The van der Waals surface area contributed by atoms with Crippen molar-refractivity contribution in [1.82, 2.24) is 5.06 Å². The topological polar surface area (TPSA) is 48.0 Å². The highest BCUT2D eigenvalue weighted by Gasteiger charge is 2.53. The van der Waals surface area contributed by atoms with Crippen LogP contribution in [0.4, 0.5) is 0 Å². The molecule has 0 radical (unpaired) electrons. The average molecular weight is 420 g/mol. The van der Waals surface area contributed by atoms with Crippen LogP contribution in [-0.2, 0) is 14.0 Å². The minimum Gasteiger partial charge on any atom is -0.462 e. The lowest BCUT2D eigenvalue weighted by Crippen LogP contribution is -2.54. The fourth-order valence-electron chi connectivity index (χ4n) is 4.02. The van der Waals surface area contributed by atoms with Crippen molar-refractivity contribution >= 4 is 14.3 Å². The number of ether oxygens (including phenoxy) is 1. The third-order valence-corrected chi connectivity index (χ3v) is 11.3. The van der Waals surface area contributed by atoms with Gasteiger partial charge >= 0.3 is 5.97 Å². The zero-order valence-electron chi connectivity index (χ0n) is 18.9. The lowest BCUT2D eigenvalue weighted by atomic mass is 9.91. The van der Waals surface area contributed by atoms with Gasteiger partial charge in [-0.25, -0.2) is 4.79 Å². The number of hydroxylamine groups is 2. The summed E-state index contributed by atoms with van der Waals surface area (Å²) in [5.74, 6) is -0.248. The maximum atomic E-state index is 12.1. The van der Waals surface area contributed by atoms with Crippen molar-refractivity contribution in [2.45, 2.75) is 89.3 Å². The molecule has 0 N–H and O–H groups in total. The molecule has 2 bridgehead atoms. The van der Waals surface area contributed by atoms with Crippen molar-refractivity contribution in [3.05, 3.63) is 35.9 Å². The molecule has 0 aliphatic carbocycles. The van der Waals surface area contributed by atoms with Crippen LogP contribution in [0.1, 0.15) is 63.7 Å². The molecule has 5 nitrogen and oxygen atoms in total. The molecule has 0 spiro atoms. The molecule has 2 heterocycles. The van der Waals surface area contributed by atoms with Gasteiger partial charge in [-0.2, -0.15) is 5.06 Å². The van der Waals surface area contributed by atoms with E-state index in [1.807, 2.05) is 18.2 Å². The second-order valence-corrected chi connectivity index (χ2v) is 15.0. The lowest BCUT2D eigenvalue weighted by molar-refractivity contribution is -0.255. The van der Waals surface area contributed by atoms with Gasteiger partial charge in [-0.1, -0.05) is 39.0 Å². The van der Waals surface area contributed by atoms with Crippen molar-refractivity contribution in [3.63, 3.8) is 0 Å². The van der Waals surface area contributed by atoms with Gasteiger partial charge in [0.1, 0.15) is 5.60 Å². The Morgan fingerprint density at radius 2 is 1.97 bits per heavy atom. The smallest absolute Gasteiger partial charge is 0.338 e. The van der Waals surface area contributed by atoms with Crippen molar-refractivity contribution in [2.24, 2.45) is 0 Å². The average Bonchev–Trinajstić information content (AvgIpc) is 2.92. The van der Waals surface area contributed by atoms with Crippen molar-refractivity contribution < 1.29 is 18.8 Å². The van der Waals surface area contributed by atoms with Gasteiger partial charge in [0.05, 0.1) is 18.3 Å². The van der Waals surface area contributed by atoms with E-state index in [2.05, 4.69) is 45.9 Å². The minimum absolute atomic E-state index is 0.153. The summed E-state index contributed by atoms with van der Waals surface area (Å²) in [6.45, 7) is 15.0.